The van der Waals surface area contributed by atoms with Crippen LogP contribution < -0.4 is 16.0 Å². The summed E-state index contributed by atoms with van der Waals surface area (Å²) in [6.45, 7) is 2.97. The molecule has 29 heavy (non-hydrogen) atoms. The average molecular weight is 397 g/mol. The summed E-state index contributed by atoms with van der Waals surface area (Å²) in [6, 6.07) is 14.8. The van der Waals surface area contributed by atoms with Gasteiger partial charge in [-0.05, 0) is 50.2 Å². The molecular weight excluding hydrogens is 374 g/mol. The van der Waals surface area contributed by atoms with E-state index in [-0.39, 0.29) is 18.7 Å². The van der Waals surface area contributed by atoms with Gasteiger partial charge in [0.25, 0.3) is 5.91 Å². The third-order valence-electron chi connectivity index (χ3n) is 3.88. The van der Waals surface area contributed by atoms with Gasteiger partial charge in [0.2, 0.25) is 0 Å². The number of Topliss-reactive ketones (excluding diaryl/α,β-unsaturated/α-hetero) is 1. The van der Waals surface area contributed by atoms with Gasteiger partial charge in [0, 0.05) is 23.5 Å². The highest BCUT2D eigenvalue weighted by Gasteiger charge is 2.18. The first-order valence-corrected chi connectivity index (χ1v) is 9.06. The molecule has 8 nitrogen and oxygen atoms in total. The molecule has 0 saturated heterocycles. The molecule has 0 aliphatic carbocycles. The number of hydrogen-bond donors (Lipinski definition) is 3. The molecule has 0 unspecified atom stereocenters. The molecule has 0 saturated carbocycles. The molecule has 0 aromatic heterocycles. The van der Waals surface area contributed by atoms with Crippen LogP contribution in [0.1, 0.15) is 30.6 Å². The fraction of sp³-hybridized carbons (Fsp3) is 0.238. The van der Waals surface area contributed by atoms with E-state index in [1.807, 2.05) is 6.07 Å². The van der Waals surface area contributed by atoms with Gasteiger partial charge in [-0.15, -0.1) is 0 Å². The number of benzene rings is 2. The van der Waals surface area contributed by atoms with Crippen LogP contribution in [0.2, 0.25) is 0 Å². The molecule has 0 aliphatic heterocycles. The number of nitrogens with one attached hydrogen (secondary N) is 3. The van der Waals surface area contributed by atoms with Gasteiger partial charge in [0.1, 0.15) is 0 Å². The van der Waals surface area contributed by atoms with E-state index in [0.717, 1.165) is 0 Å². The van der Waals surface area contributed by atoms with Crippen LogP contribution in [0.4, 0.5) is 16.2 Å². The van der Waals surface area contributed by atoms with E-state index in [4.69, 9.17) is 4.74 Å². The fourth-order valence-corrected chi connectivity index (χ4v) is 2.32. The standard InChI is InChI=1S/C21H23N3O5/c1-14(25)16-8-10-18(11-9-16)23-20(27)15(2)29-19(26)12-13-22-21(28)24-17-6-4-3-5-7-17/h3-11,15H,12-13H2,1-2H3,(H,23,27)(H2,22,24,28)/t15-/m1/s1. The van der Waals surface area contributed by atoms with Crippen LogP contribution in [-0.4, -0.2) is 36.3 Å². The second-order valence-corrected chi connectivity index (χ2v) is 6.25. The fourth-order valence-electron chi connectivity index (χ4n) is 2.32. The lowest BCUT2D eigenvalue weighted by Crippen LogP contribution is -2.33. The van der Waals surface area contributed by atoms with Crippen molar-refractivity contribution in [3.8, 4) is 0 Å². The van der Waals surface area contributed by atoms with Crippen molar-refractivity contribution in [3.05, 3.63) is 60.2 Å². The monoisotopic (exact) mass is 397 g/mol. The van der Waals surface area contributed by atoms with Gasteiger partial charge in [-0.1, -0.05) is 18.2 Å². The predicted octanol–water partition coefficient (Wildman–Crippen LogP) is 2.97. The maximum absolute atomic E-state index is 12.1. The smallest absolute Gasteiger partial charge is 0.319 e. The normalized spacial score (nSPS) is 11.1. The number of ether oxygens (including phenoxy) is 1. The molecule has 0 aliphatic rings. The number of hydrogen-bond acceptors (Lipinski definition) is 5. The molecular formula is C21H23N3O5. The Hall–Kier alpha value is -3.68. The number of amides is 3. The lowest BCUT2D eigenvalue weighted by molar-refractivity contribution is -0.153. The van der Waals surface area contributed by atoms with Crippen molar-refractivity contribution < 1.29 is 23.9 Å². The van der Waals surface area contributed by atoms with Crippen LogP contribution in [0.25, 0.3) is 0 Å². The van der Waals surface area contributed by atoms with Crippen LogP contribution in [0.15, 0.2) is 54.6 Å². The minimum Gasteiger partial charge on any atom is -0.452 e. The van der Waals surface area contributed by atoms with Crippen molar-refractivity contribution in [2.24, 2.45) is 0 Å². The summed E-state index contributed by atoms with van der Waals surface area (Å²) in [5.41, 5.74) is 1.66. The number of carbonyl (C=O) groups excluding carboxylic acids is 4. The summed E-state index contributed by atoms with van der Waals surface area (Å²) >= 11 is 0. The quantitative estimate of drug-likeness (QED) is 0.468. The number of anilines is 2. The first-order chi connectivity index (χ1) is 13.8. The van der Waals surface area contributed by atoms with Gasteiger partial charge in [0.15, 0.2) is 11.9 Å². The zero-order chi connectivity index (χ0) is 21.2. The second kappa shape index (κ2) is 10.6. The molecule has 0 spiro atoms. The Labute approximate surface area is 168 Å². The van der Waals surface area contributed by atoms with Gasteiger partial charge in [-0.2, -0.15) is 0 Å². The van der Waals surface area contributed by atoms with Gasteiger partial charge < -0.3 is 20.7 Å². The molecule has 0 radical (unpaired) electrons. The van der Waals surface area contributed by atoms with Crippen molar-refractivity contribution in [2.45, 2.75) is 26.4 Å². The molecule has 8 heteroatoms. The SMILES string of the molecule is CC(=O)c1ccc(NC(=O)[C@@H](C)OC(=O)CCNC(=O)Nc2ccccc2)cc1. The third-order valence-corrected chi connectivity index (χ3v) is 3.88. The van der Waals surface area contributed by atoms with E-state index >= 15 is 0 Å². The Balaban J connectivity index is 1.70. The number of esters is 1. The molecule has 3 amide bonds. The largest absolute Gasteiger partial charge is 0.452 e. The van der Waals surface area contributed by atoms with Gasteiger partial charge in [-0.25, -0.2) is 4.79 Å². The molecule has 152 valence electrons. The lowest BCUT2D eigenvalue weighted by Gasteiger charge is -2.14. The van der Waals surface area contributed by atoms with Crippen molar-refractivity contribution >= 4 is 35.1 Å². The summed E-state index contributed by atoms with van der Waals surface area (Å²) in [5, 5.41) is 7.77. The molecule has 0 heterocycles. The maximum atomic E-state index is 12.1. The van der Waals surface area contributed by atoms with E-state index in [9.17, 15) is 19.2 Å². The topological polar surface area (TPSA) is 114 Å². The van der Waals surface area contributed by atoms with E-state index in [2.05, 4.69) is 16.0 Å². The summed E-state index contributed by atoms with van der Waals surface area (Å²) in [4.78, 5) is 47.0. The summed E-state index contributed by atoms with van der Waals surface area (Å²) < 4.78 is 5.07. The Kier molecular flexibility index (Phi) is 7.90. The third kappa shape index (κ3) is 7.45. The molecule has 3 N–H and O–H groups in total. The number of carbonyl (C=O) groups is 4. The Morgan fingerprint density at radius 2 is 1.52 bits per heavy atom. The number of urea groups is 1. The van der Waals surface area contributed by atoms with Crippen molar-refractivity contribution in [2.75, 3.05) is 17.2 Å². The number of ketones is 1. The number of rotatable bonds is 8. The molecule has 0 fully saturated rings. The minimum atomic E-state index is -1.01. The van der Waals surface area contributed by atoms with E-state index in [0.29, 0.717) is 16.9 Å². The van der Waals surface area contributed by atoms with E-state index in [1.54, 1.807) is 48.5 Å². The van der Waals surface area contributed by atoms with Crippen LogP contribution >= 0.6 is 0 Å². The van der Waals surface area contributed by atoms with E-state index < -0.39 is 24.0 Å². The first kappa shape index (κ1) is 21.6. The van der Waals surface area contributed by atoms with E-state index in [1.165, 1.54) is 13.8 Å². The Morgan fingerprint density at radius 1 is 0.897 bits per heavy atom. The van der Waals surface area contributed by atoms with Crippen molar-refractivity contribution in [3.63, 3.8) is 0 Å². The lowest BCUT2D eigenvalue weighted by atomic mass is 10.1. The summed E-state index contributed by atoms with van der Waals surface area (Å²) in [6.07, 6.45) is -1.08. The summed E-state index contributed by atoms with van der Waals surface area (Å²) in [7, 11) is 0. The minimum absolute atomic E-state index is 0.0678. The van der Waals surface area contributed by atoms with Gasteiger partial charge in [-0.3, -0.25) is 14.4 Å². The zero-order valence-corrected chi connectivity index (χ0v) is 16.2. The average Bonchev–Trinajstić information content (AvgIpc) is 2.69. The highest BCUT2D eigenvalue weighted by atomic mass is 16.5. The molecule has 2 aromatic rings. The second-order valence-electron chi connectivity index (χ2n) is 6.25. The highest BCUT2D eigenvalue weighted by Crippen LogP contribution is 2.11. The zero-order valence-electron chi connectivity index (χ0n) is 16.2. The van der Waals surface area contributed by atoms with Crippen LogP contribution in [-0.2, 0) is 14.3 Å². The molecule has 2 rings (SSSR count). The highest BCUT2D eigenvalue weighted by molar-refractivity contribution is 5.97. The first-order valence-electron chi connectivity index (χ1n) is 9.06. The van der Waals surface area contributed by atoms with Crippen LogP contribution in [0.5, 0.6) is 0 Å². The molecule has 1 atom stereocenters. The van der Waals surface area contributed by atoms with Crippen LogP contribution in [0.3, 0.4) is 0 Å². The predicted molar refractivity (Wildman–Crippen MR) is 109 cm³/mol. The molecule has 0 bridgehead atoms. The van der Waals surface area contributed by atoms with Gasteiger partial charge in [0.05, 0.1) is 6.42 Å². The summed E-state index contributed by atoms with van der Waals surface area (Å²) in [5.74, 6) is -1.18. The molecule has 2 aromatic carbocycles. The maximum Gasteiger partial charge on any atom is 0.319 e. The number of para-hydroxylation sites is 1. The Morgan fingerprint density at radius 3 is 2.14 bits per heavy atom. The van der Waals surface area contributed by atoms with Crippen LogP contribution in [0, 0.1) is 0 Å². The van der Waals surface area contributed by atoms with Gasteiger partial charge >= 0.3 is 12.0 Å². The Bertz CT molecular complexity index is 866. The van der Waals surface area contributed by atoms with Crippen molar-refractivity contribution in [1.82, 2.24) is 5.32 Å². The van der Waals surface area contributed by atoms with Crippen molar-refractivity contribution in [1.29, 1.82) is 0 Å².